The van der Waals surface area contributed by atoms with E-state index in [-0.39, 0.29) is 11.4 Å². The van der Waals surface area contributed by atoms with E-state index in [0.29, 0.717) is 23.1 Å². The minimum absolute atomic E-state index is 0.0818. The van der Waals surface area contributed by atoms with Crippen LogP contribution in [0.3, 0.4) is 0 Å². The minimum atomic E-state index is -0.253. The number of nitriles is 1. The second kappa shape index (κ2) is 8.49. The molecular formula is C25H23BrN2O2. The van der Waals surface area contributed by atoms with Crippen LogP contribution in [0.4, 0.5) is 0 Å². The Kier molecular flexibility index (Phi) is 5.78. The number of furan rings is 1. The zero-order valence-corrected chi connectivity index (χ0v) is 18.7. The number of rotatable bonds is 5. The number of allylic oxidation sites excluding steroid dienone is 1. The van der Waals surface area contributed by atoms with Crippen LogP contribution in [0.2, 0.25) is 0 Å². The fraction of sp³-hybridized carbons (Fsp3) is 0.280. The van der Waals surface area contributed by atoms with Gasteiger partial charge in [-0.3, -0.25) is 4.79 Å². The largest absolute Gasteiger partial charge is 0.457 e. The molecule has 2 heterocycles. The zero-order chi connectivity index (χ0) is 21.3. The number of carbonyl (C=O) groups is 1. The minimum Gasteiger partial charge on any atom is -0.457 e. The fourth-order valence-corrected chi connectivity index (χ4v) is 4.63. The van der Waals surface area contributed by atoms with Crippen molar-refractivity contribution in [2.45, 2.75) is 45.6 Å². The lowest BCUT2D eigenvalue weighted by Gasteiger charge is -2.17. The van der Waals surface area contributed by atoms with Gasteiger partial charge in [0.05, 0.1) is 0 Å². The Morgan fingerprint density at radius 1 is 1.17 bits per heavy atom. The smallest absolute Gasteiger partial charge is 0.205 e. The summed E-state index contributed by atoms with van der Waals surface area (Å²) in [6.45, 7) is 4.01. The first kappa shape index (κ1) is 20.4. The third-order valence-corrected chi connectivity index (χ3v) is 6.35. The van der Waals surface area contributed by atoms with Crippen LogP contribution in [-0.2, 0) is 0 Å². The highest BCUT2D eigenvalue weighted by Gasteiger charge is 2.25. The number of aryl methyl sites for hydroxylation is 1. The Bertz CT molecular complexity index is 1150. The molecule has 152 valence electrons. The molecule has 4 rings (SSSR count). The summed E-state index contributed by atoms with van der Waals surface area (Å²) in [6.07, 6.45) is 6.29. The lowest BCUT2D eigenvalue weighted by Crippen LogP contribution is -2.10. The molecule has 0 unspecified atom stereocenters. The van der Waals surface area contributed by atoms with Crippen molar-refractivity contribution in [3.8, 4) is 17.4 Å². The first-order chi connectivity index (χ1) is 14.5. The highest BCUT2D eigenvalue weighted by atomic mass is 79.9. The molecule has 0 amide bonds. The maximum atomic E-state index is 13.1. The van der Waals surface area contributed by atoms with Gasteiger partial charge in [-0.1, -0.05) is 40.9 Å². The molecule has 0 bridgehead atoms. The molecule has 0 aliphatic heterocycles. The maximum Gasteiger partial charge on any atom is 0.205 e. The summed E-state index contributed by atoms with van der Waals surface area (Å²) in [5.74, 6) is 0.928. The third-order valence-electron chi connectivity index (χ3n) is 5.83. The van der Waals surface area contributed by atoms with E-state index in [2.05, 4.69) is 26.6 Å². The van der Waals surface area contributed by atoms with Gasteiger partial charge >= 0.3 is 0 Å². The van der Waals surface area contributed by atoms with Crippen LogP contribution in [0.25, 0.3) is 17.4 Å². The van der Waals surface area contributed by atoms with Crippen molar-refractivity contribution in [2.24, 2.45) is 0 Å². The average Bonchev–Trinajstić information content (AvgIpc) is 3.47. The van der Waals surface area contributed by atoms with Crippen LogP contribution in [0.1, 0.15) is 59.2 Å². The molecule has 2 aromatic heterocycles. The van der Waals surface area contributed by atoms with Gasteiger partial charge in [0.2, 0.25) is 5.78 Å². The van der Waals surface area contributed by atoms with Crippen LogP contribution in [0.15, 0.2) is 56.9 Å². The lowest BCUT2D eigenvalue weighted by molar-refractivity contribution is 0.103. The number of hydrogen-bond acceptors (Lipinski definition) is 3. The van der Waals surface area contributed by atoms with Crippen LogP contribution in [0, 0.1) is 25.2 Å². The first-order valence-corrected chi connectivity index (χ1v) is 11.0. The number of hydrogen-bond donors (Lipinski definition) is 0. The molecule has 30 heavy (non-hydrogen) atoms. The standard InChI is InChI=1S/C25H23BrN2O2/c1-16-13-23(17(2)28(16)21-5-3-4-6-21)25(29)19(15-27)14-22-11-12-24(30-22)18-7-9-20(26)10-8-18/h7-14,21H,3-6H2,1-2H3/b19-14+. The molecule has 1 aliphatic carbocycles. The van der Waals surface area contributed by atoms with E-state index in [4.69, 9.17) is 4.42 Å². The average molecular weight is 463 g/mol. The van der Waals surface area contributed by atoms with Crippen molar-refractivity contribution in [1.82, 2.24) is 4.57 Å². The monoisotopic (exact) mass is 462 g/mol. The summed E-state index contributed by atoms with van der Waals surface area (Å²) in [5.41, 5.74) is 3.64. The fourth-order valence-electron chi connectivity index (χ4n) is 4.37. The molecule has 1 fully saturated rings. The molecule has 1 aliphatic rings. The number of aromatic nitrogens is 1. The number of benzene rings is 1. The van der Waals surface area contributed by atoms with Gasteiger partial charge in [-0.2, -0.15) is 5.26 Å². The highest BCUT2D eigenvalue weighted by molar-refractivity contribution is 9.10. The van der Waals surface area contributed by atoms with E-state index in [1.165, 1.54) is 18.9 Å². The van der Waals surface area contributed by atoms with Gasteiger partial charge in [0, 0.05) is 39.1 Å². The summed E-state index contributed by atoms with van der Waals surface area (Å²) in [6, 6.07) is 15.8. The third kappa shape index (κ3) is 3.93. The summed E-state index contributed by atoms with van der Waals surface area (Å²) in [7, 11) is 0. The van der Waals surface area contributed by atoms with E-state index < -0.39 is 0 Å². The Morgan fingerprint density at radius 3 is 2.53 bits per heavy atom. The van der Waals surface area contributed by atoms with E-state index >= 15 is 0 Å². The maximum absolute atomic E-state index is 13.1. The number of ketones is 1. The van der Waals surface area contributed by atoms with Gasteiger partial charge in [0.15, 0.2) is 0 Å². The second-order valence-corrected chi connectivity index (χ2v) is 8.72. The molecule has 0 radical (unpaired) electrons. The predicted molar refractivity (Wildman–Crippen MR) is 121 cm³/mol. The summed E-state index contributed by atoms with van der Waals surface area (Å²) in [5, 5.41) is 9.66. The Balaban J connectivity index is 1.62. The number of carbonyl (C=O) groups excluding carboxylic acids is 1. The van der Waals surface area contributed by atoms with Gasteiger partial charge in [-0.05, 0) is 57.0 Å². The Morgan fingerprint density at radius 2 is 1.87 bits per heavy atom. The van der Waals surface area contributed by atoms with E-state index in [1.54, 1.807) is 6.07 Å². The van der Waals surface area contributed by atoms with Gasteiger partial charge in [0.25, 0.3) is 0 Å². The Labute approximate surface area is 184 Å². The quantitative estimate of drug-likeness (QED) is 0.232. The van der Waals surface area contributed by atoms with E-state index in [0.717, 1.165) is 34.3 Å². The second-order valence-electron chi connectivity index (χ2n) is 7.80. The van der Waals surface area contributed by atoms with Gasteiger partial charge in [0.1, 0.15) is 23.2 Å². The van der Waals surface area contributed by atoms with Gasteiger partial charge < -0.3 is 8.98 Å². The number of halogens is 1. The topological polar surface area (TPSA) is 58.9 Å². The first-order valence-electron chi connectivity index (χ1n) is 10.2. The lowest BCUT2D eigenvalue weighted by atomic mass is 10.0. The highest BCUT2D eigenvalue weighted by Crippen LogP contribution is 2.34. The molecule has 0 N–H and O–H groups in total. The van der Waals surface area contributed by atoms with E-state index in [1.807, 2.05) is 50.2 Å². The van der Waals surface area contributed by atoms with Crippen LogP contribution in [-0.4, -0.2) is 10.4 Å². The molecule has 3 aromatic rings. The predicted octanol–water partition coefficient (Wildman–Crippen LogP) is 7.03. The molecule has 0 spiro atoms. The molecular weight excluding hydrogens is 440 g/mol. The van der Waals surface area contributed by atoms with Gasteiger partial charge in [-0.25, -0.2) is 0 Å². The molecule has 0 saturated heterocycles. The number of nitrogens with zero attached hydrogens (tertiary/aromatic N) is 2. The Hall–Kier alpha value is -2.84. The summed E-state index contributed by atoms with van der Waals surface area (Å²) < 4.78 is 9.13. The van der Waals surface area contributed by atoms with Crippen molar-refractivity contribution in [3.05, 3.63) is 75.2 Å². The summed E-state index contributed by atoms with van der Waals surface area (Å²) in [4.78, 5) is 13.1. The zero-order valence-electron chi connectivity index (χ0n) is 17.1. The number of Topliss-reactive ketones (excluding diaryl/α,β-unsaturated/α-hetero) is 1. The summed E-state index contributed by atoms with van der Waals surface area (Å²) >= 11 is 3.42. The van der Waals surface area contributed by atoms with Crippen molar-refractivity contribution >= 4 is 27.8 Å². The van der Waals surface area contributed by atoms with Gasteiger partial charge in [-0.15, -0.1) is 0 Å². The van der Waals surface area contributed by atoms with E-state index in [9.17, 15) is 10.1 Å². The van der Waals surface area contributed by atoms with Crippen LogP contribution in [0.5, 0.6) is 0 Å². The molecule has 0 atom stereocenters. The van der Waals surface area contributed by atoms with Crippen molar-refractivity contribution in [3.63, 3.8) is 0 Å². The van der Waals surface area contributed by atoms with Crippen molar-refractivity contribution in [1.29, 1.82) is 5.26 Å². The van der Waals surface area contributed by atoms with Crippen LogP contribution >= 0.6 is 15.9 Å². The van der Waals surface area contributed by atoms with Crippen molar-refractivity contribution in [2.75, 3.05) is 0 Å². The normalized spacial score (nSPS) is 14.8. The molecule has 4 nitrogen and oxygen atoms in total. The SMILES string of the molecule is Cc1cc(C(=O)/C(C#N)=C/c2ccc(-c3ccc(Br)cc3)o2)c(C)n1C1CCCC1. The molecule has 1 aromatic carbocycles. The van der Waals surface area contributed by atoms with Crippen LogP contribution < -0.4 is 0 Å². The molecule has 5 heteroatoms. The molecule has 1 saturated carbocycles. The van der Waals surface area contributed by atoms with Crippen molar-refractivity contribution < 1.29 is 9.21 Å².